The van der Waals surface area contributed by atoms with Crippen molar-refractivity contribution in [1.29, 1.82) is 0 Å². The van der Waals surface area contributed by atoms with E-state index in [4.69, 9.17) is 0 Å². The first-order valence-corrected chi connectivity index (χ1v) is 3.34. The summed E-state index contributed by atoms with van der Waals surface area (Å²) in [6.07, 6.45) is -5.65. The molecule has 0 saturated heterocycles. The molecule has 1 aromatic rings. The molecule has 0 unspecified atom stereocenters. The van der Waals surface area contributed by atoms with Crippen LogP contribution in [-0.2, 0) is 0 Å². The zero-order valence-corrected chi connectivity index (χ0v) is 6.08. The predicted molar refractivity (Wildman–Crippen MR) is 38.0 cm³/mol. The molecular formula is C8H7F3O. The van der Waals surface area contributed by atoms with Gasteiger partial charge in [-0.2, -0.15) is 4.39 Å². The normalized spacial score (nSPS) is 13.0. The Kier molecular flexibility index (Phi) is 2.96. The SMILES string of the molecule is FC(F)[C@@H](F)Oc1ccccc1. The molecule has 0 N–H and O–H groups in total. The van der Waals surface area contributed by atoms with Crippen molar-refractivity contribution in [2.75, 3.05) is 0 Å². The van der Waals surface area contributed by atoms with E-state index < -0.39 is 12.8 Å². The van der Waals surface area contributed by atoms with E-state index in [1.54, 1.807) is 18.2 Å². The molecule has 0 aromatic heterocycles. The summed E-state index contributed by atoms with van der Waals surface area (Å²) in [7, 11) is 0. The summed E-state index contributed by atoms with van der Waals surface area (Å²) in [6, 6.07) is 7.66. The van der Waals surface area contributed by atoms with E-state index in [9.17, 15) is 13.2 Å². The largest absolute Gasteiger partial charge is 0.454 e. The van der Waals surface area contributed by atoms with Gasteiger partial charge in [0.25, 0.3) is 6.36 Å². The Balaban J connectivity index is 2.53. The van der Waals surface area contributed by atoms with Gasteiger partial charge in [-0.25, -0.2) is 8.78 Å². The molecule has 0 aliphatic heterocycles. The maximum Gasteiger partial charge on any atom is 0.304 e. The highest BCUT2D eigenvalue weighted by molar-refractivity contribution is 5.21. The summed E-state index contributed by atoms with van der Waals surface area (Å²) < 4.78 is 39.7. The molecule has 0 aliphatic rings. The number of para-hydroxylation sites is 1. The van der Waals surface area contributed by atoms with Crippen molar-refractivity contribution in [2.24, 2.45) is 0 Å². The topological polar surface area (TPSA) is 9.23 Å². The summed E-state index contributed by atoms with van der Waals surface area (Å²) in [5.41, 5.74) is 0. The Bertz CT molecular complexity index is 225. The Labute approximate surface area is 67.8 Å². The molecule has 0 radical (unpaired) electrons. The van der Waals surface area contributed by atoms with Crippen LogP contribution in [0.3, 0.4) is 0 Å². The van der Waals surface area contributed by atoms with E-state index >= 15 is 0 Å². The fourth-order valence-electron chi connectivity index (χ4n) is 0.680. The lowest BCUT2D eigenvalue weighted by atomic mass is 10.3. The van der Waals surface area contributed by atoms with Gasteiger partial charge in [-0.05, 0) is 12.1 Å². The van der Waals surface area contributed by atoms with Crippen LogP contribution in [0.4, 0.5) is 13.2 Å². The van der Waals surface area contributed by atoms with Gasteiger partial charge in [0.1, 0.15) is 5.75 Å². The average Bonchev–Trinajstić information content (AvgIpc) is 2.06. The quantitative estimate of drug-likeness (QED) is 0.687. The molecule has 1 nitrogen and oxygen atoms in total. The molecule has 66 valence electrons. The van der Waals surface area contributed by atoms with Crippen molar-refractivity contribution in [3.63, 3.8) is 0 Å². The minimum Gasteiger partial charge on any atom is -0.454 e. The summed E-state index contributed by atoms with van der Waals surface area (Å²) >= 11 is 0. The van der Waals surface area contributed by atoms with Crippen molar-refractivity contribution >= 4 is 0 Å². The van der Waals surface area contributed by atoms with Crippen LogP contribution >= 0.6 is 0 Å². The fourth-order valence-corrected chi connectivity index (χ4v) is 0.680. The van der Waals surface area contributed by atoms with Gasteiger partial charge in [0.05, 0.1) is 0 Å². The Morgan fingerprint density at radius 1 is 1.00 bits per heavy atom. The monoisotopic (exact) mass is 176 g/mol. The van der Waals surface area contributed by atoms with Gasteiger partial charge in [0.2, 0.25) is 0 Å². The number of ether oxygens (including phenoxy) is 1. The molecule has 0 aliphatic carbocycles. The lowest BCUT2D eigenvalue weighted by Gasteiger charge is -2.09. The molecule has 1 aromatic carbocycles. The Hall–Kier alpha value is -1.19. The first-order valence-electron chi connectivity index (χ1n) is 3.34. The zero-order valence-electron chi connectivity index (χ0n) is 6.08. The van der Waals surface area contributed by atoms with E-state index in [1.165, 1.54) is 12.1 Å². The predicted octanol–water partition coefficient (Wildman–Crippen LogP) is 2.63. The number of halogens is 3. The second-order valence-electron chi connectivity index (χ2n) is 2.12. The molecule has 0 fully saturated rings. The first-order chi connectivity index (χ1) is 5.70. The van der Waals surface area contributed by atoms with Gasteiger partial charge < -0.3 is 4.74 Å². The third-order valence-corrected chi connectivity index (χ3v) is 1.19. The van der Waals surface area contributed by atoms with Crippen LogP contribution in [0.1, 0.15) is 0 Å². The molecule has 0 amide bonds. The van der Waals surface area contributed by atoms with Crippen molar-refractivity contribution in [3.8, 4) is 5.75 Å². The number of hydrogen-bond donors (Lipinski definition) is 0. The van der Waals surface area contributed by atoms with Crippen LogP contribution < -0.4 is 4.74 Å². The van der Waals surface area contributed by atoms with Crippen molar-refractivity contribution < 1.29 is 17.9 Å². The van der Waals surface area contributed by atoms with Crippen LogP contribution in [0.15, 0.2) is 30.3 Å². The standard InChI is InChI=1S/C8H7F3O/c9-7(10)8(11)12-6-4-2-1-3-5-6/h1-5,7-8H/t8-/m0/s1. The van der Waals surface area contributed by atoms with Crippen LogP contribution in [0.2, 0.25) is 0 Å². The van der Waals surface area contributed by atoms with Gasteiger partial charge in [0.15, 0.2) is 0 Å². The van der Waals surface area contributed by atoms with E-state index in [0.29, 0.717) is 0 Å². The van der Waals surface area contributed by atoms with Gasteiger partial charge in [-0.15, -0.1) is 0 Å². The van der Waals surface area contributed by atoms with Gasteiger partial charge in [-0.3, -0.25) is 0 Å². The summed E-state index contributed by atoms with van der Waals surface area (Å²) in [6.45, 7) is 0. The molecule has 0 spiro atoms. The lowest BCUT2D eigenvalue weighted by Crippen LogP contribution is -2.19. The molecule has 1 rings (SSSR count). The minimum absolute atomic E-state index is 0.102. The average molecular weight is 176 g/mol. The maximum atomic E-state index is 12.2. The second kappa shape index (κ2) is 3.99. The molecule has 12 heavy (non-hydrogen) atoms. The van der Waals surface area contributed by atoms with Crippen LogP contribution in [-0.4, -0.2) is 12.8 Å². The van der Waals surface area contributed by atoms with E-state index in [-0.39, 0.29) is 5.75 Å². The van der Waals surface area contributed by atoms with Crippen molar-refractivity contribution in [3.05, 3.63) is 30.3 Å². The second-order valence-corrected chi connectivity index (χ2v) is 2.12. The maximum absolute atomic E-state index is 12.2. The van der Waals surface area contributed by atoms with Crippen LogP contribution in [0.5, 0.6) is 5.75 Å². The summed E-state index contributed by atoms with van der Waals surface area (Å²) in [5.74, 6) is 0.102. The highest BCUT2D eigenvalue weighted by Crippen LogP contribution is 2.14. The molecule has 0 heterocycles. The van der Waals surface area contributed by atoms with E-state index in [2.05, 4.69) is 4.74 Å². The van der Waals surface area contributed by atoms with Crippen LogP contribution in [0.25, 0.3) is 0 Å². The molecule has 1 atom stereocenters. The highest BCUT2D eigenvalue weighted by atomic mass is 19.3. The number of hydrogen-bond acceptors (Lipinski definition) is 1. The van der Waals surface area contributed by atoms with Crippen molar-refractivity contribution in [2.45, 2.75) is 12.8 Å². The van der Waals surface area contributed by atoms with Gasteiger partial charge in [0, 0.05) is 0 Å². The fraction of sp³-hybridized carbons (Fsp3) is 0.250. The molecule has 0 bridgehead atoms. The van der Waals surface area contributed by atoms with Gasteiger partial charge in [-0.1, -0.05) is 18.2 Å². The minimum atomic E-state index is -3.11. The molecule has 4 heteroatoms. The third kappa shape index (κ3) is 2.45. The Morgan fingerprint density at radius 3 is 2.08 bits per heavy atom. The zero-order chi connectivity index (χ0) is 8.97. The lowest BCUT2D eigenvalue weighted by molar-refractivity contribution is -0.0668. The molecule has 0 saturated carbocycles. The summed E-state index contributed by atoms with van der Waals surface area (Å²) in [5, 5.41) is 0. The number of rotatable bonds is 3. The highest BCUT2D eigenvalue weighted by Gasteiger charge is 2.20. The molecular weight excluding hydrogens is 169 g/mol. The first kappa shape index (κ1) is 8.90. The van der Waals surface area contributed by atoms with Gasteiger partial charge >= 0.3 is 6.43 Å². The van der Waals surface area contributed by atoms with Crippen molar-refractivity contribution in [1.82, 2.24) is 0 Å². The van der Waals surface area contributed by atoms with E-state index in [0.717, 1.165) is 0 Å². The summed E-state index contributed by atoms with van der Waals surface area (Å²) in [4.78, 5) is 0. The smallest absolute Gasteiger partial charge is 0.304 e. The van der Waals surface area contributed by atoms with Crippen LogP contribution in [0, 0.1) is 0 Å². The number of alkyl halides is 3. The van der Waals surface area contributed by atoms with E-state index in [1.807, 2.05) is 0 Å². The number of benzene rings is 1. The Morgan fingerprint density at radius 2 is 1.58 bits per heavy atom. The third-order valence-electron chi connectivity index (χ3n) is 1.19.